The Kier molecular flexibility index (Phi) is 8.07. The van der Waals surface area contributed by atoms with E-state index in [4.69, 9.17) is 14.6 Å². The number of hydrogen-bond acceptors (Lipinski definition) is 3. The van der Waals surface area contributed by atoms with Crippen LogP contribution < -0.4 is 9.47 Å². The van der Waals surface area contributed by atoms with Gasteiger partial charge in [0.15, 0.2) is 0 Å². The Hall–Kier alpha value is -1.22. The lowest BCUT2D eigenvalue weighted by atomic mass is 10.2. The van der Waals surface area contributed by atoms with Gasteiger partial charge < -0.3 is 14.6 Å². The fourth-order valence-electron chi connectivity index (χ4n) is 1.78. The number of benzene rings is 1. The van der Waals surface area contributed by atoms with Gasteiger partial charge in [-0.2, -0.15) is 0 Å². The Morgan fingerprint density at radius 3 is 2.26 bits per heavy atom. The van der Waals surface area contributed by atoms with Crippen molar-refractivity contribution in [3.63, 3.8) is 0 Å². The van der Waals surface area contributed by atoms with Crippen LogP contribution in [-0.4, -0.2) is 24.4 Å². The van der Waals surface area contributed by atoms with Gasteiger partial charge in [-0.25, -0.2) is 0 Å². The summed E-state index contributed by atoms with van der Waals surface area (Å²) in [7, 11) is 0. The molecule has 1 rings (SSSR count). The molecule has 0 spiro atoms. The summed E-state index contributed by atoms with van der Waals surface area (Å²) in [5, 5.41) is 8.91. The second kappa shape index (κ2) is 9.68. The molecule has 0 amide bonds. The van der Waals surface area contributed by atoms with Crippen molar-refractivity contribution in [1.82, 2.24) is 0 Å². The van der Waals surface area contributed by atoms with Crippen LogP contribution in [0.3, 0.4) is 0 Å². The van der Waals surface area contributed by atoms with Gasteiger partial charge >= 0.3 is 0 Å². The first kappa shape index (κ1) is 15.8. The van der Waals surface area contributed by atoms with E-state index in [1.165, 1.54) is 25.7 Å². The number of hydrogen-bond donors (Lipinski definition) is 1. The molecule has 0 aliphatic carbocycles. The SMILES string of the molecule is CCCCCCCOc1ccc(OC(C)CO)cc1. The summed E-state index contributed by atoms with van der Waals surface area (Å²) in [6.45, 7) is 4.85. The van der Waals surface area contributed by atoms with Crippen LogP contribution in [0, 0.1) is 0 Å². The maximum Gasteiger partial charge on any atom is 0.120 e. The van der Waals surface area contributed by atoms with Crippen LogP contribution in [0.2, 0.25) is 0 Å². The summed E-state index contributed by atoms with van der Waals surface area (Å²) >= 11 is 0. The first-order valence-corrected chi connectivity index (χ1v) is 7.26. The largest absolute Gasteiger partial charge is 0.494 e. The predicted molar refractivity (Wildman–Crippen MR) is 77.9 cm³/mol. The lowest BCUT2D eigenvalue weighted by molar-refractivity contribution is 0.129. The summed E-state index contributed by atoms with van der Waals surface area (Å²) in [5.74, 6) is 1.64. The molecule has 0 radical (unpaired) electrons. The highest BCUT2D eigenvalue weighted by molar-refractivity contribution is 5.31. The predicted octanol–water partition coefficient (Wildman–Crippen LogP) is 3.80. The molecular formula is C16H26O3. The minimum atomic E-state index is -0.176. The number of aliphatic hydroxyl groups excluding tert-OH is 1. The molecular weight excluding hydrogens is 240 g/mol. The monoisotopic (exact) mass is 266 g/mol. The van der Waals surface area contributed by atoms with Gasteiger partial charge in [-0.1, -0.05) is 32.6 Å². The number of rotatable bonds is 10. The molecule has 3 nitrogen and oxygen atoms in total. The Morgan fingerprint density at radius 1 is 1.00 bits per heavy atom. The minimum absolute atomic E-state index is 0.0238. The van der Waals surface area contributed by atoms with Crippen LogP contribution in [0.5, 0.6) is 11.5 Å². The van der Waals surface area contributed by atoms with E-state index in [-0.39, 0.29) is 12.7 Å². The van der Waals surface area contributed by atoms with Crippen LogP contribution in [0.4, 0.5) is 0 Å². The molecule has 0 bridgehead atoms. The summed E-state index contributed by atoms with van der Waals surface area (Å²) < 4.78 is 11.2. The third-order valence-corrected chi connectivity index (χ3v) is 2.93. The standard InChI is InChI=1S/C16H26O3/c1-3-4-5-6-7-12-18-15-8-10-16(11-9-15)19-14(2)13-17/h8-11,14,17H,3-7,12-13H2,1-2H3. The van der Waals surface area contributed by atoms with Crippen molar-refractivity contribution in [3.8, 4) is 11.5 Å². The quantitative estimate of drug-likeness (QED) is 0.655. The van der Waals surface area contributed by atoms with Crippen molar-refractivity contribution in [2.45, 2.75) is 52.1 Å². The topological polar surface area (TPSA) is 38.7 Å². The Bertz CT molecular complexity index is 321. The summed E-state index contributed by atoms with van der Waals surface area (Å²) in [4.78, 5) is 0. The second-order valence-corrected chi connectivity index (χ2v) is 4.85. The molecule has 0 aromatic heterocycles. The van der Waals surface area contributed by atoms with Gasteiger partial charge in [0, 0.05) is 0 Å². The van der Waals surface area contributed by atoms with Gasteiger partial charge in [-0.3, -0.25) is 0 Å². The van der Waals surface area contributed by atoms with Gasteiger partial charge in [0.2, 0.25) is 0 Å². The van der Waals surface area contributed by atoms with Crippen molar-refractivity contribution < 1.29 is 14.6 Å². The number of aliphatic hydroxyl groups is 1. The zero-order valence-electron chi connectivity index (χ0n) is 12.1. The van der Waals surface area contributed by atoms with E-state index < -0.39 is 0 Å². The molecule has 19 heavy (non-hydrogen) atoms. The third-order valence-electron chi connectivity index (χ3n) is 2.93. The summed E-state index contributed by atoms with van der Waals surface area (Å²) in [5.41, 5.74) is 0. The molecule has 0 saturated heterocycles. The van der Waals surface area contributed by atoms with Crippen molar-refractivity contribution >= 4 is 0 Å². The molecule has 1 N–H and O–H groups in total. The first-order chi connectivity index (χ1) is 9.26. The molecule has 0 aliphatic rings. The van der Waals surface area contributed by atoms with Crippen molar-refractivity contribution in [2.24, 2.45) is 0 Å². The molecule has 1 unspecified atom stereocenters. The highest BCUT2D eigenvalue weighted by Crippen LogP contribution is 2.19. The Labute approximate surface area is 116 Å². The average molecular weight is 266 g/mol. The van der Waals surface area contributed by atoms with E-state index in [9.17, 15) is 0 Å². The van der Waals surface area contributed by atoms with Gasteiger partial charge in [0.25, 0.3) is 0 Å². The van der Waals surface area contributed by atoms with Gasteiger partial charge in [0.05, 0.1) is 13.2 Å². The third kappa shape index (κ3) is 7.06. The molecule has 3 heteroatoms. The summed E-state index contributed by atoms with van der Waals surface area (Å²) in [6.07, 6.45) is 6.06. The van der Waals surface area contributed by atoms with E-state index in [2.05, 4.69) is 6.92 Å². The van der Waals surface area contributed by atoms with Crippen LogP contribution in [0.25, 0.3) is 0 Å². The Balaban J connectivity index is 2.21. The normalized spacial score (nSPS) is 12.2. The lowest BCUT2D eigenvalue weighted by Gasteiger charge is -2.12. The highest BCUT2D eigenvalue weighted by Gasteiger charge is 2.02. The zero-order chi connectivity index (χ0) is 13.9. The van der Waals surface area contributed by atoms with Crippen LogP contribution in [-0.2, 0) is 0 Å². The fraction of sp³-hybridized carbons (Fsp3) is 0.625. The van der Waals surface area contributed by atoms with E-state index in [1.54, 1.807) is 0 Å². The second-order valence-electron chi connectivity index (χ2n) is 4.85. The molecule has 0 saturated carbocycles. The lowest BCUT2D eigenvalue weighted by Crippen LogP contribution is -2.15. The van der Waals surface area contributed by atoms with Gasteiger partial charge in [-0.05, 0) is 37.6 Å². The van der Waals surface area contributed by atoms with Crippen molar-refractivity contribution in [1.29, 1.82) is 0 Å². The van der Waals surface area contributed by atoms with E-state index in [0.717, 1.165) is 24.5 Å². The maximum absolute atomic E-state index is 8.91. The molecule has 1 aromatic rings. The van der Waals surface area contributed by atoms with E-state index >= 15 is 0 Å². The molecule has 1 aromatic carbocycles. The van der Waals surface area contributed by atoms with Crippen LogP contribution >= 0.6 is 0 Å². The van der Waals surface area contributed by atoms with Crippen LogP contribution in [0.15, 0.2) is 24.3 Å². The maximum atomic E-state index is 8.91. The number of ether oxygens (including phenoxy) is 2. The fourth-order valence-corrected chi connectivity index (χ4v) is 1.78. The van der Waals surface area contributed by atoms with Crippen molar-refractivity contribution in [3.05, 3.63) is 24.3 Å². The highest BCUT2D eigenvalue weighted by atomic mass is 16.5. The molecule has 0 heterocycles. The van der Waals surface area contributed by atoms with Gasteiger partial charge in [-0.15, -0.1) is 0 Å². The van der Waals surface area contributed by atoms with E-state index in [1.807, 2.05) is 31.2 Å². The summed E-state index contributed by atoms with van der Waals surface area (Å²) in [6, 6.07) is 7.56. The number of unbranched alkanes of at least 4 members (excludes halogenated alkanes) is 4. The molecule has 1 atom stereocenters. The zero-order valence-corrected chi connectivity index (χ0v) is 12.1. The Morgan fingerprint density at radius 2 is 1.63 bits per heavy atom. The van der Waals surface area contributed by atoms with Gasteiger partial charge in [0.1, 0.15) is 17.6 Å². The van der Waals surface area contributed by atoms with Crippen molar-refractivity contribution in [2.75, 3.05) is 13.2 Å². The molecule has 108 valence electrons. The van der Waals surface area contributed by atoms with E-state index in [0.29, 0.717) is 0 Å². The average Bonchev–Trinajstić information content (AvgIpc) is 2.44. The first-order valence-electron chi connectivity index (χ1n) is 7.26. The minimum Gasteiger partial charge on any atom is -0.494 e. The molecule has 0 fully saturated rings. The smallest absolute Gasteiger partial charge is 0.120 e. The van der Waals surface area contributed by atoms with Crippen LogP contribution in [0.1, 0.15) is 46.0 Å². The molecule has 0 aliphatic heterocycles.